The number of rotatable bonds is 1. The summed E-state index contributed by atoms with van der Waals surface area (Å²) in [7, 11) is 0. The van der Waals surface area contributed by atoms with Gasteiger partial charge < -0.3 is 18.8 Å². The molecule has 1 aliphatic carbocycles. The second-order valence-corrected chi connectivity index (χ2v) is 8.36. The van der Waals surface area contributed by atoms with Gasteiger partial charge in [0.2, 0.25) is 0 Å². The Labute approximate surface area is 151 Å². The highest BCUT2D eigenvalue weighted by atomic mass is 127. The molecule has 0 aromatic carbocycles. The van der Waals surface area contributed by atoms with Crippen LogP contribution in [0.3, 0.4) is 0 Å². The Balaban J connectivity index is 1.64. The van der Waals surface area contributed by atoms with Crippen molar-refractivity contribution >= 4 is 45.2 Å². The first kappa shape index (κ1) is 14.8. The second kappa shape index (κ2) is 4.57. The highest BCUT2D eigenvalue weighted by Crippen LogP contribution is 2.59. The number of fused-ring (bicyclic) bond motifs is 3. The molecule has 2 aromatic heterocycles. The Kier molecular flexibility index (Phi) is 2.95. The van der Waals surface area contributed by atoms with E-state index in [4.69, 9.17) is 25.8 Å². The van der Waals surface area contributed by atoms with Gasteiger partial charge in [0.1, 0.15) is 34.9 Å². The maximum absolute atomic E-state index is 6.37. The molecule has 122 valence electrons. The van der Waals surface area contributed by atoms with Crippen LogP contribution in [-0.2, 0) is 14.2 Å². The van der Waals surface area contributed by atoms with Crippen molar-refractivity contribution in [3.8, 4) is 0 Å². The molecular weight excluding hydrogens is 433 g/mol. The minimum absolute atomic E-state index is 0.0325. The molecule has 6 nitrogen and oxygen atoms in total. The molecule has 2 saturated heterocycles. The summed E-state index contributed by atoms with van der Waals surface area (Å²) < 4.78 is 21.7. The molecule has 3 aliphatic rings. The Hall–Kier alpha value is -0.480. The van der Waals surface area contributed by atoms with Gasteiger partial charge in [-0.05, 0) is 49.3 Å². The first-order valence-corrected chi connectivity index (χ1v) is 9.06. The van der Waals surface area contributed by atoms with Crippen LogP contribution in [-0.4, -0.2) is 38.1 Å². The van der Waals surface area contributed by atoms with Gasteiger partial charge in [0, 0.05) is 9.77 Å². The summed E-state index contributed by atoms with van der Waals surface area (Å²) in [5.41, 5.74) is 0.561. The normalized spacial score (nSPS) is 33.5. The summed E-state index contributed by atoms with van der Waals surface area (Å²) in [6.45, 7) is 3.91. The molecule has 1 spiro atoms. The summed E-state index contributed by atoms with van der Waals surface area (Å²) >= 11 is 8.49. The summed E-state index contributed by atoms with van der Waals surface area (Å²) in [5.74, 6) is -0.588. The number of hydrogen-bond acceptors (Lipinski definition) is 5. The molecule has 3 fully saturated rings. The van der Waals surface area contributed by atoms with Crippen molar-refractivity contribution < 1.29 is 14.2 Å². The third kappa shape index (κ3) is 2.03. The fourth-order valence-corrected chi connectivity index (χ4v) is 4.90. The van der Waals surface area contributed by atoms with Gasteiger partial charge in [-0.25, -0.2) is 9.97 Å². The van der Waals surface area contributed by atoms with Gasteiger partial charge >= 0.3 is 0 Å². The third-order valence-corrected chi connectivity index (χ3v) is 5.92. The maximum atomic E-state index is 6.37. The quantitative estimate of drug-likeness (QED) is 0.496. The first-order chi connectivity index (χ1) is 10.9. The molecular formula is C15H15ClIN3O3. The zero-order chi connectivity index (χ0) is 16.0. The highest BCUT2D eigenvalue weighted by Gasteiger charge is 2.68. The molecule has 5 rings (SSSR count). The first-order valence-electron chi connectivity index (χ1n) is 7.60. The summed E-state index contributed by atoms with van der Waals surface area (Å²) in [6, 6.07) is 0. The summed E-state index contributed by atoms with van der Waals surface area (Å²) in [4.78, 5) is 8.49. The van der Waals surface area contributed by atoms with E-state index in [1.54, 1.807) is 0 Å². The standard InChI is InChI=1S/C15H15ClIN3O3/c1-14(2)21-9-10(22-14)15(3-4-15)23-13(9)20-5-7(17)8-11(16)18-6-19-12(8)20/h5-6,9-10,13H,3-4H2,1-2H3/t9-,10+,13-/m1/s1. The number of hydrogen-bond donors (Lipinski definition) is 0. The molecule has 2 aliphatic heterocycles. The molecule has 0 N–H and O–H groups in total. The van der Waals surface area contributed by atoms with Crippen LogP contribution in [0, 0.1) is 3.57 Å². The monoisotopic (exact) mass is 447 g/mol. The van der Waals surface area contributed by atoms with E-state index >= 15 is 0 Å². The predicted octanol–water partition coefficient (Wildman–Crippen LogP) is 3.27. The van der Waals surface area contributed by atoms with E-state index < -0.39 is 5.79 Å². The van der Waals surface area contributed by atoms with E-state index in [1.807, 2.05) is 24.6 Å². The van der Waals surface area contributed by atoms with Gasteiger partial charge in [-0.2, -0.15) is 0 Å². The SMILES string of the molecule is CC1(C)O[C@H]2[C@H](n3cc(I)c4c(Cl)ncnc43)OC3(CC3)[C@H]2O1. The second-order valence-electron chi connectivity index (χ2n) is 6.84. The Morgan fingerprint density at radius 2 is 2.04 bits per heavy atom. The average molecular weight is 448 g/mol. The zero-order valence-corrected chi connectivity index (χ0v) is 15.5. The van der Waals surface area contributed by atoms with Crippen LogP contribution in [0.25, 0.3) is 11.0 Å². The third-order valence-electron chi connectivity index (χ3n) is 4.82. The smallest absolute Gasteiger partial charge is 0.165 e. The van der Waals surface area contributed by atoms with Crippen LogP contribution < -0.4 is 0 Å². The molecule has 0 radical (unpaired) electrons. The molecule has 2 aromatic rings. The van der Waals surface area contributed by atoms with Crippen LogP contribution in [0.5, 0.6) is 0 Å². The summed E-state index contributed by atoms with van der Waals surface area (Å²) in [6.07, 6.45) is 5.06. The summed E-state index contributed by atoms with van der Waals surface area (Å²) in [5, 5.41) is 1.31. The van der Waals surface area contributed by atoms with Gasteiger partial charge in [-0.3, -0.25) is 0 Å². The molecule has 23 heavy (non-hydrogen) atoms. The van der Waals surface area contributed by atoms with Gasteiger partial charge in [0.05, 0.1) is 5.39 Å². The van der Waals surface area contributed by atoms with E-state index in [1.165, 1.54) is 6.33 Å². The van der Waals surface area contributed by atoms with Crippen molar-refractivity contribution in [2.45, 2.75) is 56.5 Å². The molecule has 0 bridgehead atoms. The van der Waals surface area contributed by atoms with E-state index in [-0.39, 0.29) is 24.0 Å². The van der Waals surface area contributed by atoms with Crippen LogP contribution in [0.2, 0.25) is 5.15 Å². The minimum Gasteiger partial charge on any atom is -0.346 e. The van der Waals surface area contributed by atoms with Gasteiger partial charge in [0.25, 0.3) is 0 Å². The van der Waals surface area contributed by atoms with Crippen LogP contribution in [0.4, 0.5) is 0 Å². The molecule has 1 saturated carbocycles. The fraction of sp³-hybridized carbons (Fsp3) is 0.600. The van der Waals surface area contributed by atoms with Gasteiger partial charge in [-0.1, -0.05) is 11.6 Å². The molecule has 3 atom stereocenters. The van der Waals surface area contributed by atoms with E-state index in [0.717, 1.165) is 27.4 Å². The predicted molar refractivity (Wildman–Crippen MR) is 91.2 cm³/mol. The minimum atomic E-state index is -0.588. The zero-order valence-electron chi connectivity index (χ0n) is 12.6. The van der Waals surface area contributed by atoms with Crippen LogP contribution in [0.1, 0.15) is 32.9 Å². The Morgan fingerprint density at radius 1 is 1.26 bits per heavy atom. The number of halogens is 2. The largest absolute Gasteiger partial charge is 0.346 e. The topological polar surface area (TPSA) is 58.4 Å². The van der Waals surface area contributed by atoms with Crippen molar-refractivity contribution in [2.75, 3.05) is 0 Å². The van der Waals surface area contributed by atoms with Crippen LogP contribution in [0.15, 0.2) is 12.5 Å². The lowest BCUT2D eigenvalue weighted by Gasteiger charge is -2.24. The number of nitrogens with zero attached hydrogens (tertiary/aromatic N) is 3. The van der Waals surface area contributed by atoms with Crippen molar-refractivity contribution in [2.24, 2.45) is 0 Å². The van der Waals surface area contributed by atoms with E-state index in [0.29, 0.717) is 5.15 Å². The molecule has 4 heterocycles. The van der Waals surface area contributed by atoms with E-state index in [2.05, 4.69) is 32.6 Å². The maximum Gasteiger partial charge on any atom is 0.165 e. The van der Waals surface area contributed by atoms with Crippen LogP contribution >= 0.6 is 34.2 Å². The lowest BCUT2D eigenvalue weighted by Crippen LogP contribution is -2.30. The fourth-order valence-electron chi connectivity index (χ4n) is 3.72. The van der Waals surface area contributed by atoms with E-state index in [9.17, 15) is 0 Å². The average Bonchev–Trinajstić information content (AvgIpc) is 2.98. The van der Waals surface area contributed by atoms with Crippen molar-refractivity contribution in [3.63, 3.8) is 0 Å². The van der Waals surface area contributed by atoms with Crippen molar-refractivity contribution in [1.82, 2.24) is 14.5 Å². The van der Waals surface area contributed by atoms with Gasteiger partial charge in [0.15, 0.2) is 12.0 Å². The number of aromatic nitrogens is 3. The highest BCUT2D eigenvalue weighted by molar-refractivity contribution is 14.1. The Bertz CT molecular complexity index is 820. The van der Waals surface area contributed by atoms with Crippen molar-refractivity contribution in [1.29, 1.82) is 0 Å². The lowest BCUT2D eigenvalue weighted by atomic mass is 10.1. The van der Waals surface area contributed by atoms with Gasteiger partial charge in [-0.15, -0.1) is 0 Å². The molecule has 8 heteroatoms. The molecule has 0 amide bonds. The molecule has 0 unspecified atom stereocenters. The number of ether oxygens (including phenoxy) is 3. The van der Waals surface area contributed by atoms with Crippen molar-refractivity contribution in [3.05, 3.63) is 21.2 Å². The lowest BCUT2D eigenvalue weighted by molar-refractivity contribution is -0.201. The Morgan fingerprint density at radius 3 is 2.78 bits per heavy atom.